The van der Waals surface area contributed by atoms with Gasteiger partial charge in [-0.15, -0.1) is 0 Å². The number of carbonyl (C=O) groups is 1. The predicted molar refractivity (Wildman–Crippen MR) is 97.2 cm³/mol. The Kier molecular flexibility index (Phi) is 3.95. The van der Waals surface area contributed by atoms with Crippen molar-refractivity contribution in [2.45, 2.75) is 18.4 Å². The zero-order valence-corrected chi connectivity index (χ0v) is 14.2. The second-order valence-corrected chi connectivity index (χ2v) is 6.59. The molecule has 4 rings (SSSR count). The van der Waals surface area contributed by atoms with E-state index < -0.39 is 0 Å². The van der Waals surface area contributed by atoms with Gasteiger partial charge in [-0.25, -0.2) is 4.79 Å². The van der Waals surface area contributed by atoms with E-state index in [0.717, 1.165) is 17.7 Å². The number of para-hydroxylation sites is 1. The second kappa shape index (κ2) is 6.29. The molecule has 1 aliphatic carbocycles. The zero-order valence-electron chi connectivity index (χ0n) is 14.2. The van der Waals surface area contributed by atoms with E-state index in [1.54, 1.807) is 18.2 Å². The van der Waals surface area contributed by atoms with Gasteiger partial charge in [0.15, 0.2) is 0 Å². The fourth-order valence-corrected chi connectivity index (χ4v) is 4.06. The summed E-state index contributed by atoms with van der Waals surface area (Å²) in [5.74, 6) is -0.0932. The minimum Gasteiger partial charge on any atom is -0.465 e. The first-order valence-electron chi connectivity index (χ1n) is 8.49. The first-order chi connectivity index (χ1) is 12.6. The van der Waals surface area contributed by atoms with E-state index in [1.165, 1.54) is 7.11 Å². The number of methoxy groups -OCH3 is 1. The Balaban J connectivity index is 1.79. The molecule has 0 bridgehead atoms. The van der Waals surface area contributed by atoms with Gasteiger partial charge in [0.2, 0.25) is 0 Å². The fourth-order valence-electron chi connectivity index (χ4n) is 4.06. The highest BCUT2D eigenvalue weighted by Gasteiger charge is 2.40. The molecule has 0 radical (unpaired) electrons. The molecule has 1 heterocycles. The molecular weight excluding hydrogens is 332 g/mol. The number of anilines is 1. The Morgan fingerprint density at radius 3 is 2.81 bits per heavy atom. The molecule has 2 aliphatic rings. The number of nitrogens with zero attached hydrogens (tertiary/aromatic N) is 1. The Labute approximate surface area is 150 Å². The SMILES string of the molecule is COC(=O)c1ccc2c(c1)[C@@H]1C=CC[C@@H]1[C@@H](c1ccccc1[N+](=O)[O-])N2. The molecule has 6 heteroatoms. The quantitative estimate of drug-likeness (QED) is 0.388. The maximum absolute atomic E-state index is 11.9. The number of esters is 1. The highest BCUT2D eigenvalue weighted by atomic mass is 16.6. The minimum absolute atomic E-state index is 0.112. The fraction of sp³-hybridized carbons (Fsp3) is 0.250. The van der Waals surface area contributed by atoms with Crippen molar-refractivity contribution in [1.29, 1.82) is 0 Å². The van der Waals surface area contributed by atoms with Crippen molar-refractivity contribution < 1.29 is 14.5 Å². The summed E-state index contributed by atoms with van der Waals surface area (Å²) in [6.45, 7) is 0. The molecular formula is C20H18N2O4. The van der Waals surface area contributed by atoms with Crippen LogP contribution in [0, 0.1) is 16.0 Å². The lowest BCUT2D eigenvalue weighted by Gasteiger charge is -2.37. The molecule has 26 heavy (non-hydrogen) atoms. The Morgan fingerprint density at radius 2 is 2.04 bits per heavy atom. The molecule has 3 atom stereocenters. The number of ether oxygens (including phenoxy) is 1. The molecule has 6 nitrogen and oxygen atoms in total. The normalized spacial score (nSPS) is 22.9. The predicted octanol–water partition coefficient (Wildman–Crippen LogP) is 4.21. The summed E-state index contributed by atoms with van der Waals surface area (Å²) in [7, 11) is 1.36. The maximum atomic E-state index is 11.9. The van der Waals surface area contributed by atoms with Crippen molar-refractivity contribution in [1.82, 2.24) is 0 Å². The molecule has 0 amide bonds. The van der Waals surface area contributed by atoms with Crippen LogP contribution in [0.5, 0.6) is 0 Å². The van der Waals surface area contributed by atoms with E-state index in [4.69, 9.17) is 4.74 Å². The number of nitrogens with one attached hydrogen (secondary N) is 1. The number of fused-ring (bicyclic) bond motifs is 3. The molecule has 0 unspecified atom stereocenters. The van der Waals surface area contributed by atoms with Crippen molar-refractivity contribution >= 4 is 17.3 Å². The summed E-state index contributed by atoms with van der Waals surface area (Å²) in [4.78, 5) is 23.0. The lowest BCUT2D eigenvalue weighted by molar-refractivity contribution is -0.385. The molecule has 1 N–H and O–H groups in total. The van der Waals surface area contributed by atoms with Crippen molar-refractivity contribution in [2.24, 2.45) is 5.92 Å². The van der Waals surface area contributed by atoms with Crippen LogP contribution in [0.1, 0.15) is 39.9 Å². The van der Waals surface area contributed by atoms with Gasteiger partial charge in [-0.1, -0.05) is 30.4 Å². The molecule has 0 spiro atoms. The van der Waals surface area contributed by atoms with E-state index in [1.807, 2.05) is 24.3 Å². The van der Waals surface area contributed by atoms with Crippen molar-refractivity contribution in [2.75, 3.05) is 12.4 Å². The van der Waals surface area contributed by atoms with Crippen LogP contribution in [-0.2, 0) is 4.74 Å². The topological polar surface area (TPSA) is 81.5 Å². The lowest BCUT2D eigenvalue weighted by Crippen LogP contribution is -2.29. The number of nitro groups is 1. The summed E-state index contributed by atoms with van der Waals surface area (Å²) in [5.41, 5.74) is 3.26. The van der Waals surface area contributed by atoms with Gasteiger partial charge in [0, 0.05) is 17.7 Å². The lowest BCUT2D eigenvalue weighted by atomic mass is 9.76. The van der Waals surface area contributed by atoms with Gasteiger partial charge in [0.25, 0.3) is 5.69 Å². The molecule has 0 aromatic heterocycles. The van der Waals surface area contributed by atoms with E-state index >= 15 is 0 Å². The van der Waals surface area contributed by atoms with Crippen LogP contribution in [0.3, 0.4) is 0 Å². The summed E-state index contributed by atoms with van der Waals surface area (Å²) in [6.07, 6.45) is 5.07. The van der Waals surface area contributed by atoms with Crippen LogP contribution in [-0.4, -0.2) is 18.0 Å². The molecule has 2 aromatic carbocycles. The third kappa shape index (κ3) is 2.54. The van der Waals surface area contributed by atoms with Crippen LogP contribution >= 0.6 is 0 Å². The van der Waals surface area contributed by atoms with Crippen LogP contribution in [0.25, 0.3) is 0 Å². The second-order valence-electron chi connectivity index (χ2n) is 6.59. The van der Waals surface area contributed by atoms with Gasteiger partial charge < -0.3 is 10.1 Å². The van der Waals surface area contributed by atoms with Crippen LogP contribution in [0.15, 0.2) is 54.6 Å². The summed E-state index contributed by atoms with van der Waals surface area (Å²) in [5, 5.41) is 14.9. The highest BCUT2D eigenvalue weighted by molar-refractivity contribution is 5.90. The monoisotopic (exact) mass is 350 g/mol. The van der Waals surface area contributed by atoms with Crippen LogP contribution in [0.2, 0.25) is 0 Å². The van der Waals surface area contributed by atoms with E-state index in [-0.39, 0.29) is 34.5 Å². The number of hydrogen-bond acceptors (Lipinski definition) is 5. The molecule has 2 aromatic rings. The van der Waals surface area contributed by atoms with Gasteiger partial charge in [-0.3, -0.25) is 10.1 Å². The number of nitro benzene ring substituents is 1. The Morgan fingerprint density at radius 1 is 1.23 bits per heavy atom. The Bertz CT molecular complexity index is 922. The van der Waals surface area contributed by atoms with Crippen molar-refractivity contribution in [3.05, 3.63) is 81.4 Å². The maximum Gasteiger partial charge on any atom is 0.337 e. The number of hydrogen-bond donors (Lipinski definition) is 1. The third-order valence-corrected chi connectivity index (χ3v) is 5.25. The summed E-state index contributed by atoms with van der Waals surface area (Å²) >= 11 is 0. The average Bonchev–Trinajstić information content (AvgIpc) is 3.16. The molecule has 0 saturated heterocycles. The minimum atomic E-state index is -0.368. The average molecular weight is 350 g/mol. The van der Waals surface area contributed by atoms with Crippen molar-refractivity contribution in [3.8, 4) is 0 Å². The van der Waals surface area contributed by atoms with E-state index in [0.29, 0.717) is 11.1 Å². The summed E-state index contributed by atoms with van der Waals surface area (Å²) < 4.78 is 4.82. The summed E-state index contributed by atoms with van der Waals surface area (Å²) in [6, 6.07) is 12.1. The smallest absolute Gasteiger partial charge is 0.337 e. The van der Waals surface area contributed by atoms with Crippen LogP contribution < -0.4 is 5.32 Å². The molecule has 0 saturated carbocycles. The van der Waals surface area contributed by atoms with E-state index in [2.05, 4.69) is 17.5 Å². The van der Waals surface area contributed by atoms with Gasteiger partial charge in [0.1, 0.15) is 0 Å². The Hall–Kier alpha value is -3.15. The van der Waals surface area contributed by atoms with Crippen LogP contribution in [0.4, 0.5) is 11.4 Å². The standard InChI is InChI=1S/C20H18N2O4/c1-26-20(23)12-9-10-17-16(11-12)13-6-4-7-14(13)19(21-17)15-5-2-3-8-18(15)22(24)25/h2-6,8-11,13-14,19,21H,7H2,1H3/t13-,14+,19+/m1/s1. The number of carbonyl (C=O) groups excluding carboxylic acids is 1. The van der Waals surface area contributed by atoms with Crippen molar-refractivity contribution in [3.63, 3.8) is 0 Å². The zero-order chi connectivity index (χ0) is 18.3. The van der Waals surface area contributed by atoms with Gasteiger partial charge >= 0.3 is 5.97 Å². The molecule has 0 fully saturated rings. The molecule has 132 valence electrons. The highest BCUT2D eigenvalue weighted by Crippen LogP contribution is 2.51. The number of allylic oxidation sites excluding steroid dienone is 2. The first kappa shape index (κ1) is 16.3. The number of benzene rings is 2. The number of rotatable bonds is 3. The largest absolute Gasteiger partial charge is 0.465 e. The van der Waals surface area contributed by atoms with Gasteiger partial charge in [0.05, 0.1) is 29.2 Å². The first-order valence-corrected chi connectivity index (χ1v) is 8.49. The van der Waals surface area contributed by atoms with Gasteiger partial charge in [-0.05, 0) is 36.1 Å². The van der Waals surface area contributed by atoms with Gasteiger partial charge in [-0.2, -0.15) is 0 Å². The van der Waals surface area contributed by atoms with E-state index in [9.17, 15) is 14.9 Å². The third-order valence-electron chi connectivity index (χ3n) is 5.25. The molecule has 1 aliphatic heterocycles.